The first kappa shape index (κ1) is 39.3. The quantitative estimate of drug-likeness (QED) is 0.0806. The average molecular weight is 763 g/mol. The van der Waals surface area contributed by atoms with Gasteiger partial charge in [-0.1, -0.05) is 182 Å². The van der Waals surface area contributed by atoms with Gasteiger partial charge in [0.05, 0.1) is 6.61 Å². The Bertz CT molecular complexity index is 1970. The molecule has 0 amide bonds. The largest absolute Gasteiger partial charge is 0.457 e. The van der Waals surface area contributed by atoms with Crippen molar-refractivity contribution in [2.24, 2.45) is 0 Å². The molecule has 0 radical (unpaired) electrons. The van der Waals surface area contributed by atoms with Crippen LogP contribution in [0.4, 0.5) is 0 Å². The molecule has 5 atom stereocenters. The van der Waals surface area contributed by atoms with Gasteiger partial charge in [0.15, 0.2) is 18.5 Å². The van der Waals surface area contributed by atoms with Crippen molar-refractivity contribution in [3.05, 3.63) is 215 Å². The molecule has 290 valence electrons. The van der Waals surface area contributed by atoms with Crippen LogP contribution in [0.25, 0.3) is 0 Å². The Kier molecular flexibility index (Phi) is 12.4. The predicted molar refractivity (Wildman–Crippen MR) is 216 cm³/mol. The first-order valence-electron chi connectivity index (χ1n) is 19.0. The van der Waals surface area contributed by atoms with Gasteiger partial charge in [-0.05, 0) is 33.4 Å². The lowest BCUT2D eigenvalue weighted by molar-refractivity contribution is -0.319. The highest BCUT2D eigenvalue weighted by molar-refractivity contribution is 5.67. The van der Waals surface area contributed by atoms with Crippen molar-refractivity contribution in [2.45, 2.75) is 55.8 Å². The second-order valence-corrected chi connectivity index (χ2v) is 13.9. The summed E-state index contributed by atoms with van der Waals surface area (Å²) in [7, 11) is 1.48. The van der Waals surface area contributed by atoms with Crippen molar-refractivity contribution >= 4 is 11.9 Å². The van der Waals surface area contributed by atoms with E-state index in [2.05, 4.69) is 0 Å². The maximum absolute atomic E-state index is 13.2. The number of carbonyl (C=O) groups is 2. The van der Waals surface area contributed by atoms with Crippen molar-refractivity contribution in [3.8, 4) is 0 Å². The fraction of sp³-hybridized carbons (Fsp3) is 0.224. The molecule has 57 heavy (non-hydrogen) atoms. The van der Waals surface area contributed by atoms with E-state index in [0.717, 1.165) is 33.4 Å². The van der Waals surface area contributed by atoms with Gasteiger partial charge < -0.3 is 28.4 Å². The molecule has 6 aromatic rings. The zero-order chi connectivity index (χ0) is 39.7. The van der Waals surface area contributed by atoms with Crippen molar-refractivity contribution < 1.29 is 38.0 Å². The summed E-state index contributed by atoms with van der Waals surface area (Å²) in [5.74, 6) is -1.17. The first-order valence-corrected chi connectivity index (χ1v) is 19.0. The molecule has 0 spiro atoms. The summed E-state index contributed by atoms with van der Waals surface area (Å²) in [5, 5.41) is 0. The van der Waals surface area contributed by atoms with E-state index in [1.807, 2.05) is 182 Å². The smallest absolute Gasteiger partial charge is 0.303 e. The topological polar surface area (TPSA) is 89.5 Å². The van der Waals surface area contributed by atoms with Crippen LogP contribution in [0.1, 0.15) is 47.2 Å². The number of rotatable bonds is 14. The van der Waals surface area contributed by atoms with Crippen LogP contribution in [-0.4, -0.2) is 56.4 Å². The number of esters is 2. The second kappa shape index (κ2) is 17.9. The van der Waals surface area contributed by atoms with Crippen molar-refractivity contribution in [3.63, 3.8) is 0 Å². The Hall–Kier alpha value is -5.90. The second-order valence-electron chi connectivity index (χ2n) is 13.9. The maximum Gasteiger partial charge on any atom is 0.303 e. The van der Waals surface area contributed by atoms with Gasteiger partial charge in [0.25, 0.3) is 0 Å². The molecule has 0 saturated carbocycles. The Morgan fingerprint density at radius 3 is 1.11 bits per heavy atom. The molecule has 0 aromatic heterocycles. The molecule has 0 aliphatic carbocycles. The summed E-state index contributed by atoms with van der Waals surface area (Å²) in [6.07, 6.45) is -5.60. The molecule has 0 unspecified atom stereocenters. The maximum atomic E-state index is 13.2. The monoisotopic (exact) mass is 762 g/mol. The van der Waals surface area contributed by atoms with E-state index in [9.17, 15) is 9.59 Å². The Labute approximate surface area is 333 Å². The lowest BCUT2D eigenvalue weighted by atomic mass is 9.79. The minimum Gasteiger partial charge on any atom is -0.457 e. The highest BCUT2D eigenvalue weighted by Crippen LogP contribution is 2.46. The number of hydrogen-bond acceptors (Lipinski definition) is 8. The lowest BCUT2D eigenvalue weighted by Gasteiger charge is -2.49. The molecule has 8 nitrogen and oxygen atoms in total. The summed E-state index contributed by atoms with van der Waals surface area (Å²) in [5.41, 5.74) is 2.63. The average Bonchev–Trinajstić information content (AvgIpc) is 3.26. The SMILES string of the molecule is CO[C@H]1O[C@H](COC(c2ccccc2)(c2ccccc2)c2ccccc2)[C@@H](OC(C)=O)[C@H](OC(c2ccccc2)(c2ccccc2)c2ccccc2)[C@@H]1OC(C)=O. The van der Waals surface area contributed by atoms with E-state index in [0.29, 0.717) is 0 Å². The molecular weight excluding hydrogens is 717 g/mol. The third kappa shape index (κ3) is 8.17. The molecule has 1 saturated heterocycles. The fourth-order valence-corrected chi connectivity index (χ4v) is 7.89. The van der Waals surface area contributed by atoms with Crippen LogP contribution in [0.15, 0.2) is 182 Å². The summed E-state index contributed by atoms with van der Waals surface area (Å²) in [6.45, 7) is 2.55. The first-order chi connectivity index (χ1) is 27.9. The zero-order valence-electron chi connectivity index (χ0n) is 32.2. The highest BCUT2D eigenvalue weighted by atomic mass is 16.7. The predicted octanol–water partition coefficient (Wildman–Crippen LogP) is 8.61. The van der Waals surface area contributed by atoms with Gasteiger partial charge in [0.1, 0.15) is 23.4 Å². The van der Waals surface area contributed by atoms with Crippen LogP contribution < -0.4 is 0 Å². The number of methoxy groups -OCH3 is 1. The third-order valence-electron chi connectivity index (χ3n) is 10.3. The van der Waals surface area contributed by atoms with Gasteiger partial charge in [0, 0.05) is 21.0 Å². The van der Waals surface area contributed by atoms with Crippen LogP contribution in [0, 0.1) is 0 Å². The third-order valence-corrected chi connectivity index (χ3v) is 10.3. The van der Waals surface area contributed by atoms with E-state index in [4.69, 9.17) is 28.4 Å². The number of ether oxygens (including phenoxy) is 6. The minimum absolute atomic E-state index is 0.0991. The summed E-state index contributed by atoms with van der Waals surface area (Å²) in [4.78, 5) is 26.1. The summed E-state index contributed by atoms with van der Waals surface area (Å²) in [6, 6.07) is 59.3. The number of benzene rings is 6. The van der Waals surface area contributed by atoms with Crippen molar-refractivity contribution in [1.29, 1.82) is 0 Å². The summed E-state index contributed by atoms with van der Waals surface area (Å²) >= 11 is 0. The van der Waals surface area contributed by atoms with E-state index >= 15 is 0 Å². The molecule has 1 aliphatic rings. The molecular formula is C49H46O8. The van der Waals surface area contributed by atoms with Crippen LogP contribution in [0.2, 0.25) is 0 Å². The van der Waals surface area contributed by atoms with Crippen molar-refractivity contribution in [2.75, 3.05) is 13.7 Å². The van der Waals surface area contributed by atoms with Gasteiger partial charge in [-0.25, -0.2) is 0 Å². The normalized spacial score (nSPS) is 19.7. The molecule has 1 fully saturated rings. The van der Waals surface area contributed by atoms with E-state index in [1.54, 1.807) is 0 Å². The summed E-state index contributed by atoms with van der Waals surface area (Å²) < 4.78 is 39.7. The fourth-order valence-electron chi connectivity index (χ4n) is 7.89. The lowest BCUT2D eigenvalue weighted by Crippen LogP contribution is -2.64. The Morgan fingerprint density at radius 2 is 0.789 bits per heavy atom. The highest BCUT2D eigenvalue weighted by Gasteiger charge is 2.55. The minimum atomic E-state index is -1.30. The van der Waals surface area contributed by atoms with Crippen LogP contribution >= 0.6 is 0 Å². The van der Waals surface area contributed by atoms with Crippen LogP contribution in [0.3, 0.4) is 0 Å². The van der Waals surface area contributed by atoms with Crippen LogP contribution in [0.5, 0.6) is 0 Å². The standard InChI is InChI=1S/C49H46O8/c1-35(50)54-44-43(34-53-48(37-22-10-4-11-23-37,38-24-12-5-13-25-38)39-26-14-6-15-27-39)56-47(52-3)46(55-36(2)51)45(44)57-49(40-28-16-7-17-29-40,41-30-18-8-19-31-41)42-32-20-9-21-33-42/h4-33,43-47H,34H2,1-3H3/t43-,44-,45+,46+,47+/m1/s1. The Balaban J connectivity index is 1.40. The zero-order valence-corrected chi connectivity index (χ0v) is 32.2. The molecule has 0 bridgehead atoms. The Morgan fingerprint density at radius 1 is 0.474 bits per heavy atom. The molecule has 1 heterocycles. The van der Waals surface area contributed by atoms with Gasteiger partial charge in [0.2, 0.25) is 0 Å². The molecule has 6 aromatic carbocycles. The van der Waals surface area contributed by atoms with Gasteiger partial charge in [-0.15, -0.1) is 0 Å². The van der Waals surface area contributed by atoms with Crippen LogP contribution in [-0.2, 0) is 49.2 Å². The molecule has 8 heteroatoms. The van der Waals surface area contributed by atoms with Gasteiger partial charge in [-0.2, -0.15) is 0 Å². The molecule has 7 rings (SSSR count). The van der Waals surface area contributed by atoms with E-state index in [-0.39, 0.29) is 6.61 Å². The van der Waals surface area contributed by atoms with Gasteiger partial charge >= 0.3 is 11.9 Å². The van der Waals surface area contributed by atoms with Gasteiger partial charge in [-0.3, -0.25) is 9.59 Å². The number of hydrogen-bond donors (Lipinski definition) is 0. The molecule has 0 N–H and O–H groups in total. The number of carbonyl (C=O) groups excluding carboxylic acids is 2. The van der Waals surface area contributed by atoms with E-state index < -0.39 is 53.8 Å². The van der Waals surface area contributed by atoms with Crippen molar-refractivity contribution in [1.82, 2.24) is 0 Å². The van der Waals surface area contributed by atoms with E-state index in [1.165, 1.54) is 21.0 Å². The molecule has 1 aliphatic heterocycles.